The van der Waals surface area contributed by atoms with E-state index >= 15 is 0 Å². The normalized spacial score (nSPS) is 19.4. The van der Waals surface area contributed by atoms with Crippen molar-refractivity contribution in [2.75, 3.05) is 0 Å². The van der Waals surface area contributed by atoms with E-state index in [-0.39, 0.29) is 0 Å². The van der Waals surface area contributed by atoms with Crippen molar-refractivity contribution in [2.24, 2.45) is 5.92 Å². The van der Waals surface area contributed by atoms with E-state index < -0.39 is 0 Å². The molecule has 16 heavy (non-hydrogen) atoms. The first-order valence-electron chi connectivity index (χ1n) is 6.66. The summed E-state index contributed by atoms with van der Waals surface area (Å²) in [5.41, 5.74) is 1.43. The lowest BCUT2D eigenvalue weighted by atomic mass is 10.0. The molecule has 0 saturated heterocycles. The van der Waals surface area contributed by atoms with Crippen LogP contribution >= 0.6 is 0 Å². The molecule has 0 aromatic heterocycles. The zero-order valence-electron chi connectivity index (χ0n) is 10.4. The molecule has 1 aliphatic rings. The first kappa shape index (κ1) is 11.7. The minimum Gasteiger partial charge on any atom is -0.307 e. The van der Waals surface area contributed by atoms with Crippen LogP contribution in [0.5, 0.6) is 0 Å². The third-order valence-electron chi connectivity index (χ3n) is 3.66. The van der Waals surface area contributed by atoms with Crippen LogP contribution in [0.25, 0.3) is 0 Å². The van der Waals surface area contributed by atoms with Crippen LogP contribution in [-0.4, -0.2) is 6.04 Å². The van der Waals surface area contributed by atoms with Crippen molar-refractivity contribution >= 4 is 0 Å². The first-order valence-corrected chi connectivity index (χ1v) is 6.66. The van der Waals surface area contributed by atoms with E-state index in [9.17, 15) is 0 Å². The third kappa shape index (κ3) is 2.85. The molecular formula is C15H23N. The summed E-state index contributed by atoms with van der Waals surface area (Å²) in [7, 11) is 0. The molecule has 0 amide bonds. The molecule has 1 heteroatoms. The van der Waals surface area contributed by atoms with Crippen molar-refractivity contribution in [2.45, 2.75) is 51.6 Å². The lowest BCUT2D eigenvalue weighted by Crippen LogP contribution is -2.33. The van der Waals surface area contributed by atoms with Gasteiger partial charge in [0.1, 0.15) is 0 Å². The van der Waals surface area contributed by atoms with E-state index in [2.05, 4.69) is 49.5 Å². The molecule has 0 heterocycles. The Hall–Kier alpha value is -0.820. The molecule has 0 spiro atoms. The highest BCUT2D eigenvalue weighted by Crippen LogP contribution is 2.35. The fraction of sp³-hybridized carbons (Fsp3) is 0.600. The molecule has 1 aromatic rings. The average Bonchev–Trinajstić information content (AvgIpc) is 3.16. The summed E-state index contributed by atoms with van der Waals surface area (Å²) in [5.74, 6) is 0.947. The maximum Gasteiger partial charge on any atom is 0.0320 e. The van der Waals surface area contributed by atoms with Gasteiger partial charge in [0.25, 0.3) is 0 Å². The van der Waals surface area contributed by atoms with Crippen molar-refractivity contribution in [3.05, 3.63) is 35.9 Å². The van der Waals surface area contributed by atoms with Crippen LogP contribution in [-0.2, 0) is 0 Å². The molecule has 1 N–H and O–H groups in total. The Morgan fingerprint density at radius 1 is 1.12 bits per heavy atom. The van der Waals surface area contributed by atoms with Crippen LogP contribution in [0.1, 0.15) is 51.1 Å². The maximum absolute atomic E-state index is 3.83. The SMILES string of the molecule is CCC(NC(CC)C1CC1)c1ccccc1. The Balaban J connectivity index is 1.99. The molecule has 88 valence electrons. The molecule has 2 unspecified atom stereocenters. The highest BCUT2D eigenvalue weighted by molar-refractivity contribution is 5.19. The van der Waals surface area contributed by atoms with Crippen LogP contribution in [0.2, 0.25) is 0 Å². The quantitative estimate of drug-likeness (QED) is 0.761. The van der Waals surface area contributed by atoms with E-state index in [1.807, 2.05) is 0 Å². The Morgan fingerprint density at radius 3 is 2.31 bits per heavy atom. The van der Waals surface area contributed by atoms with Crippen LogP contribution in [0.3, 0.4) is 0 Å². The second-order valence-electron chi connectivity index (χ2n) is 4.89. The predicted octanol–water partition coefficient (Wildman–Crippen LogP) is 3.92. The highest BCUT2D eigenvalue weighted by Gasteiger charge is 2.31. The minimum atomic E-state index is 0.534. The van der Waals surface area contributed by atoms with Crippen LogP contribution in [0.15, 0.2) is 30.3 Å². The van der Waals surface area contributed by atoms with Crippen molar-refractivity contribution in [3.63, 3.8) is 0 Å². The molecule has 1 aliphatic carbocycles. The molecule has 0 aliphatic heterocycles. The summed E-state index contributed by atoms with van der Waals surface area (Å²) in [5, 5.41) is 3.83. The Labute approximate surface area is 99.3 Å². The van der Waals surface area contributed by atoms with Gasteiger partial charge in [-0.1, -0.05) is 44.2 Å². The molecule has 1 fully saturated rings. The van der Waals surface area contributed by atoms with Gasteiger partial charge < -0.3 is 5.32 Å². The topological polar surface area (TPSA) is 12.0 Å². The van der Waals surface area contributed by atoms with Crippen molar-refractivity contribution in [1.29, 1.82) is 0 Å². The summed E-state index contributed by atoms with van der Waals surface area (Å²) in [4.78, 5) is 0. The van der Waals surface area contributed by atoms with Gasteiger partial charge in [0.05, 0.1) is 0 Å². The Bertz CT molecular complexity index is 302. The van der Waals surface area contributed by atoms with Gasteiger partial charge >= 0.3 is 0 Å². The molecule has 2 atom stereocenters. The molecule has 2 rings (SSSR count). The van der Waals surface area contributed by atoms with Crippen LogP contribution in [0.4, 0.5) is 0 Å². The van der Waals surface area contributed by atoms with Gasteiger partial charge in [-0.05, 0) is 37.2 Å². The summed E-state index contributed by atoms with van der Waals surface area (Å²) in [6, 6.07) is 12.1. The standard InChI is InChI=1S/C15H23N/c1-3-14(12-8-6-5-7-9-12)16-15(4-2)13-10-11-13/h5-9,13-16H,3-4,10-11H2,1-2H3. The Kier molecular flexibility index (Phi) is 4.00. The van der Waals surface area contributed by atoms with E-state index in [1.54, 1.807) is 0 Å². The van der Waals surface area contributed by atoms with Crippen LogP contribution in [0, 0.1) is 5.92 Å². The van der Waals surface area contributed by atoms with Gasteiger partial charge in [-0.15, -0.1) is 0 Å². The minimum absolute atomic E-state index is 0.534. The van der Waals surface area contributed by atoms with E-state index in [4.69, 9.17) is 0 Å². The predicted molar refractivity (Wildman–Crippen MR) is 69.4 cm³/mol. The van der Waals surface area contributed by atoms with Gasteiger partial charge in [0, 0.05) is 12.1 Å². The average molecular weight is 217 g/mol. The highest BCUT2D eigenvalue weighted by atomic mass is 15.0. The lowest BCUT2D eigenvalue weighted by molar-refractivity contribution is 0.383. The fourth-order valence-electron chi connectivity index (χ4n) is 2.48. The molecule has 0 radical (unpaired) electrons. The van der Waals surface area contributed by atoms with Crippen molar-refractivity contribution < 1.29 is 0 Å². The zero-order valence-corrected chi connectivity index (χ0v) is 10.4. The van der Waals surface area contributed by atoms with Gasteiger partial charge in [0.2, 0.25) is 0 Å². The smallest absolute Gasteiger partial charge is 0.0320 e. The fourth-order valence-corrected chi connectivity index (χ4v) is 2.48. The summed E-state index contributed by atoms with van der Waals surface area (Å²) in [6.07, 6.45) is 5.29. The second-order valence-corrected chi connectivity index (χ2v) is 4.89. The maximum atomic E-state index is 3.83. The van der Waals surface area contributed by atoms with Gasteiger partial charge in [-0.2, -0.15) is 0 Å². The number of hydrogen-bond acceptors (Lipinski definition) is 1. The molecular weight excluding hydrogens is 194 g/mol. The summed E-state index contributed by atoms with van der Waals surface area (Å²) >= 11 is 0. The summed E-state index contributed by atoms with van der Waals surface area (Å²) < 4.78 is 0. The molecule has 1 nitrogen and oxygen atoms in total. The Morgan fingerprint density at radius 2 is 1.81 bits per heavy atom. The first-order chi connectivity index (χ1) is 7.85. The molecule has 1 aromatic carbocycles. The van der Waals surface area contributed by atoms with Gasteiger partial charge in [-0.25, -0.2) is 0 Å². The van der Waals surface area contributed by atoms with E-state index in [0.29, 0.717) is 6.04 Å². The van der Waals surface area contributed by atoms with E-state index in [1.165, 1.54) is 31.2 Å². The largest absolute Gasteiger partial charge is 0.307 e. The number of benzene rings is 1. The summed E-state index contributed by atoms with van der Waals surface area (Å²) in [6.45, 7) is 4.57. The van der Waals surface area contributed by atoms with Crippen molar-refractivity contribution in [1.82, 2.24) is 5.32 Å². The number of nitrogens with one attached hydrogen (secondary N) is 1. The van der Waals surface area contributed by atoms with Crippen molar-refractivity contribution in [3.8, 4) is 0 Å². The van der Waals surface area contributed by atoms with Crippen LogP contribution < -0.4 is 5.32 Å². The van der Waals surface area contributed by atoms with E-state index in [0.717, 1.165) is 12.0 Å². The molecule has 1 saturated carbocycles. The van der Waals surface area contributed by atoms with Gasteiger partial charge in [0.15, 0.2) is 0 Å². The monoisotopic (exact) mass is 217 g/mol. The third-order valence-corrected chi connectivity index (χ3v) is 3.66. The molecule has 0 bridgehead atoms. The zero-order chi connectivity index (χ0) is 11.4. The number of rotatable bonds is 6. The lowest BCUT2D eigenvalue weighted by Gasteiger charge is -2.24. The second kappa shape index (κ2) is 5.49. The van der Waals surface area contributed by atoms with Gasteiger partial charge in [-0.3, -0.25) is 0 Å². The number of hydrogen-bond donors (Lipinski definition) is 1.